The topological polar surface area (TPSA) is 17.1 Å². The first-order chi connectivity index (χ1) is 1.73. The number of hydrogen-bond donors (Lipinski definition) is 0. The van der Waals surface area contributed by atoms with Crippen LogP contribution in [0.15, 0.2) is 0 Å². The average molecular weight is 240 g/mol. The number of carbonyl (C=O) groups excluding carboxylic acids is 1. The monoisotopic (exact) mass is 240 g/mol. The van der Waals surface area contributed by atoms with Crippen molar-refractivity contribution in [3.8, 4) is 0 Å². The van der Waals surface area contributed by atoms with E-state index >= 15 is 0 Å². The van der Waals surface area contributed by atoms with Crippen LogP contribution >= 0.6 is 0 Å². The van der Waals surface area contributed by atoms with E-state index in [9.17, 15) is 4.79 Å². The van der Waals surface area contributed by atoms with Crippen LogP contribution in [0, 0.1) is 0 Å². The first kappa shape index (κ1) is 4.41. The Kier molecular flexibility index (Phi) is 1.88. The summed E-state index contributed by atoms with van der Waals surface area (Å²) in [5.41, 5.74) is 0. The van der Waals surface area contributed by atoms with Gasteiger partial charge in [0.2, 0.25) is 0 Å². The molecule has 0 aromatic carbocycles. The van der Waals surface area contributed by atoms with Crippen molar-refractivity contribution in [1.29, 1.82) is 0 Å². The minimum absolute atomic E-state index is 0.111. The van der Waals surface area contributed by atoms with Gasteiger partial charge in [0.05, 0.1) is 0 Å². The fourth-order valence-electron chi connectivity index (χ4n) is 0. The molecule has 0 N–H and O–H groups in total. The summed E-state index contributed by atoms with van der Waals surface area (Å²) in [5, 5.41) is 0. The van der Waals surface area contributed by atoms with Crippen LogP contribution in [0.4, 0.5) is 0 Å². The van der Waals surface area contributed by atoms with E-state index in [1.807, 2.05) is 21.1 Å². The molecule has 0 aromatic heterocycles. The van der Waals surface area contributed by atoms with Crippen molar-refractivity contribution in [2.24, 2.45) is 0 Å². The molecule has 2 heteroatoms. The second-order valence-electron chi connectivity index (χ2n) is 0.416. The van der Waals surface area contributed by atoms with Crippen LogP contribution in [-0.2, 0) is 25.9 Å². The fraction of sp³-hybridized carbons (Fsp3) is 0.500. The van der Waals surface area contributed by atoms with Crippen LogP contribution in [0.3, 0.4) is 0 Å². The minimum atomic E-state index is 0.111. The van der Waals surface area contributed by atoms with Crippen molar-refractivity contribution in [3.63, 3.8) is 0 Å². The third-order valence-electron chi connectivity index (χ3n) is 0. The normalized spacial score (nSPS) is 6.75. The molecule has 0 aliphatic rings. The number of carbonyl (C=O) groups is 1. The standard InChI is InChI=1S/C2H3O.Au/c1-2-3;/h1H3;. The van der Waals surface area contributed by atoms with Gasteiger partial charge < -0.3 is 0 Å². The van der Waals surface area contributed by atoms with Crippen molar-refractivity contribution in [3.05, 3.63) is 0 Å². The number of rotatable bonds is 0. The summed E-state index contributed by atoms with van der Waals surface area (Å²) in [7, 11) is 0. The zero-order valence-electron chi connectivity index (χ0n) is 2.21. The molecule has 0 aliphatic carbocycles. The first-order valence-electron chi connectivity index (χ1n) is 0.855. The molecule has 0 saturated heterocycles. The first-order valence-corrected chi connectivity index (χ1v) is 1.94. The predicted octanol–water partition coefficient (Wildman–Crippen LogP) is 0.0797. The van der Waals surface area contributed by atoms with Crippen molar-refractivity contribution in [2.45, 2.75) is 6.92 Å². The Morgan fingerprint density at radius 2 is 2.00 bits per heavy atom. The van der Waals surface area contributed by atoms with Gasteiger partial charge in [0.25, 0.3) is 0 Å². The van der Waals surface area contributed by atoms with Gasteiger partial charge in [0.15, 0.2) is 0 Å². The van der Waals surface area contributed by atoms with E-state index < -0.39 is 0 Å². The van der Waals surface area contributed by atoms with Gasteiger partial charge >= 0.3 is 36.8 Å². The third-order valence-corrected chi connectivity index (χ3v) is 0. The van der Waals surface area contributed by atoms with Gasteiger partial charge in [-0.25, -0.2) is 0 Å². The van der Waals surface area contributed by atoms with Crippen molar-refractivity contribution in [1.82, 2.24) is 0 Å². The molecule has 0 aromatic rings. The van der Waals surface area contributed by atoms with Crippen LogP contribution in [0.1, 0.15) is 6.92 Å². The molecule has 0 bridgehead atoms. The van der Waals surface area contributed by atoms with Crippen molar-refractivity contribution < 1.29 is 25.9 Å². The van der Waals surface area contributed by atoms with E-state index in [0.29, 0.717) is 0 Å². The quantitative estimate of drug-likeness (QED) is 0.548. The molecule has 0 aliphatic heterocycles. The van der Waals surface area contributed by atoms with E-state index in [4.69, 9.17) is 0 Å². The molecule has 0 fully saturated rings. The molecule has 0 saturated carbocycles. The van der Waals surface area contributed by atoms with Crippen LogP contribution in [-0.4, -0.2) is 4.00 Å². The molecule has 28 valence electrons. The summed E-state index contributed by atoms with van der Waals surface area (Å²) in [6.45, 7) is 1.50. The summed E-state index contributed by atoms with van der Waals surface area (Å²) < 4.78 is 0.111. The number of hydrogen-bond acceptors (Lipinski definition) is 1. The van der Waals surface area contributed by atoms with Gasteiger partial charge in [-0.2, -0.15) is 0 Å². The van der Waals surface area contributed by atoms with Gasteiger partial charge in [-0.05, 0) is 0 Å². The van der Waals surface area contributed by atoms with Crippen LogP contribution < -0.4 is 0 Å². The molecule has 1 nitrogen and oxygen atoms in total. The third kappa shape index (κ3) is 28.5. The second kappa shape index (κ2) is 1.70. The van der Waals surface area contributed by atoms with Crippen molar-refractivity contribution in [2.75, 3.05) is 0 Å². The summed E-state index contributed by atoms with van der Waals surface area (Å²) in [5.74, 6) is 0. The summed E-state index contributed by atoms with van der Waals surface area (Å²) in [6.07, 6.45) is 0. The van der Waals surface area contributed by atoms with Gasteiger partial charge in [-0.1, -0.05) is 0 Å². The zero-order chi connectivity index (χ0) is 3.58. The summed E-state index contributed by atoms with van der Waals surface area (Å²) in [4.78, 5) is 9.42. The van der Waals surface area contributed by atoms with E-state index in [0.717, 1.165) is 0 Å². The van der Waals surface area contributed by atoms with Crippen LogP contribution in [0.2, 0.25) is 0 Å². The Balaban J connectivity index is 2.80. The maximum absolute atomic E-state index is 9.42. The van der Waals surface area contributed by atoms with E-state index in [1.54, 1.807) is 0 Å². The molecule has 0 spiro atoms. The summed E-state index contributed by atoms with van der Waals surface area (Å²) >= 11 is 1.85. The second-order valence-corrected chi connectivity index (χ2v) is 1.94. The molecule has 0 atom stereocenters. The van der Waals surface area contributed by atoms with E-state index in [1.165, 1.54) is 6.92 Å². The molecular weight excluding hydrogens is 237 g/mol. The molecule has 0 heterocycles. The van der Waals surface area contributed by atoms with Crippen molar-refractivity contribution >= 4 is 4.00 Å². The predicted molar refractivity (Wildman–Crippen MR) is 10.7 cm³/mol. The van der Waals surface area contributed by atoms with Crippen LogP contribution in [0.25, 0.3) is 0 Å². The zero-order valence-corrected chi connectivity index (χ0v) is 4.38. The van der Waals surface area contributed by atoms with Gasteiger partial charge in [-0.3, -0.25) is 0 Å². The summed E-state index contributed by atoms with van der Waals surface area (Å²) in [6, 6.07) is 0. The van der Waals surface area contributed by atoms with Gasteiger partial charge in [0, 0.05) is 0 Å². The Labute approximate surface area is 37.3 Å². The Bertz CT molecular complexity index is 29.0. The Hall–Kier alpha value is 0.410. The molecular formula is C2H3AuO. The Morgan fingerprint density at radius 3 is 2.00 bits per heavy atom. The average Bonchev–Trinajstić information content (AvgIpc) is 0.811. The maximum atomic E-state index is 9.42. The van der Waals surface area contributed by atoms with Gasteiger partial charge in [-0.15, -0.1) is 0 Å². The molecule has 4 heavy (non-hydrogen) atoms. The van der Waals surface area contributed by atoms with Gasteiger partial charge in [0.1, 0.15) is 0 Å². The molecule has 0 unspecified atom stereocenters. The SMILES string of the molecule is C[C](=O)[Au]. The molecule has 0 rings (SSSR count). The fourth-order valence-corrected chi connectivity index (χ4v) is 0. The molecule has 0 amide bonds. The van der Waals surface area contributed by atoms with E-state index in [-0.39, 0.29) is 4.00 Å². The Morgan fingerprint density at radius 1 is 2.00 bits per heavy atom. The molecule has 0 radical (unpaired) electrons. The van der Waals surface area contributed by atoms with E-state index in [2.05, 4.69) is 0 Å². The van der Waals surface area contributed by atoms with Crippen LogP contribution in [0.5, 0.6) is 0 Å².